The maximum atomic E-state index is 12.3. The van der Waals surface area contributed by atoms with E-state index in [1.54, 1.807) is 23.1 Å². The highest BCUT2D eigenvalue weighted by atomic mass is 32.2. The molecule has 0 aromatic heterocycles. The lowest BCUT2D eigenvalue weighted by Gasteiger charge is -2.34. The molecule has 0 radical (unpaired) electrons. The van der Waals surface area contributed by atoms with Gasteiger partial charge in [0.2, 0.25) is 0 Å². The first-order valence-electron chi connectivity index (χ1n) is 8.70. The van der Waals surface area contributed by atoms with Crippen molar-refractivity contribution in [3.63, 3.8) is 0 Å². The van der Waals surface area contributed by atoms with E-state index in [1.165, 1.54) is 0 Å². The topological polar surface area (TPSA) is 123 Å². The molecule has 2 aliphatic rings. The Bertz CT molecular complexity index is 876. The van der Waals surface area contributed by atoms with Crippen LogP contribution in [0.25, 0.3) is 0 Å². The summed E-state index contributed by atoms with van der Waals surface area (Å²) in [4.78, 5) is 13.9. The summed E-state index contributed by atoms with van der Waals surface area (Å²) in [7, 11) is -3.84. The fourth-order valence-corrected chi connectivity index (χ4v) is 3.87. The van der Waals surface area contributed by atoms with Crippen LogP contribution in [-0.2, 0) is 14.9 Å². The van der Waals surface area contributed by atoms with Crippen LogP contribution in [0.4, 0.5) is 10.5 Å². The molecule has 2 aliphatic heterocycles. The maximum absolute atomic E-state index is 12.3. The summed E-state index contributed by atoms with van der Waals surface area (Å²) >= 11 is 0. The number of piperidine rings is 1. The molecule has 9 nitrogen and oxygen atoms in total. The molecule has 148 valence electrons. The van der Waals surface area contributed by atoms with Crippen LogP contribution in [0.5, 0.6) is 5.75 Å². The van der Waals surface area contributed by atoms with Gasteiger partial charge in [-0.15, -0.1) is 4.40 Å². The van der Waals surface area contributed by atoms with Crippen LogP contribution in [0.2, 0.25) is 0 Å². The van der Waals surface area contributed by atoms with Crippen molar-refractivity contribution < 1.29 is 22.7 Å². The average Bonchev–Trinajstić information content (AvgIpc) is 2.52. The van der Waals surface area contributed by atoms with Crippen molar-refractivity contribution >= 4 is 27.8 Å². The summed E-state index contributed by atoms with van der Waals surface area (Å²) in [5.74, 6) is 0.298. The first kappa shape index (κ1) is 19.3. The number of amidine groups is 1. The highest BCUT2D eigenvalue weighted by Gasteiger charge is 2.30. The number of nitrogens with zero attached hydrogens (tertiary/aromatic N) is 2. The highest BCUT2D eigenvalue weighted by Crippen LogP contribution is 2.32. The number of nitrogens with two attached hydrogens (primary N) is 1. The van der Waals surface area contributed by atoms with Crippen molar-refractivity contribution in [2.45, 2.75) is 45.3 Å². The summed E-state index contributed by atoms with van der Waals surface area (Å²) in [6.07, 6.45) is 0.893. The lowest BCUT2D eigenvalue weighted by atomic mass is 10.1. The van der Waals surface area contributed by atoms with Crippen LogP contribution in [0.3, 0.4) is 0 Å². The number of carbonyl (C=O) groups is 1. The number of hydrogen-bond donors (Lipinski definition) is 2. The van der Waals surface area contributed by atoms with Crippen LogP contribution in [-0.4, -0.2) is 50.0 Å². The average molecular weight is 396 g/mol. The van der Waals surface area contributed by atoms with Gasteiger partial charge in [-0.05, 0) is 45.7 Å². The molecule has 3 N–H and O–H groups in total. The molecule has 0 aliphatic carbocycles. The SMILES string of the molecule is CC(C)(C)OC(=O)N1CCCC(Oc2cccc3c2C(N)=NS(=O)(=O)N3)C1. The van der Waals surface area contributed by atoms with Crippen molar-refractivity contribution in [2.24, 2.45) is 10.1 Å². The van der Waals surface area contributed by atoms with Crippen LogP contribution in [0.1, 0.15) is 39.2 Å². The summed E-state index contributed by atoms with van der Waals surface area (Å²) in [6.45, 7) is 6.44. The summed E-state index contributed by atoms with van der Waals surface area (Å²) in [5, 5.41) is 0. The van der Waals surface area contributed by atoms with Crippen molar-refractivity contribution in [1.82, 2.24) is 4.90 Å². The van der Waals surface area contributed by atoms with E-state index in [0.29, 0.717) is 30.1 Å². The van der Waals surface area contributed by atoms with Gasteiger partial charge in [0.1, 0.15) is 17.5 Å². The monoisotopic (exact) mass is 396 g/mol. The molecule has 1 aromatic rings. The molecule has 3 rings (SSSR count). The van der Waals surface area contributed by atoms with Crippen molar-refractivity contribution in [3.8, 4) is 5.75 Å². The van der Waals surface area contributed by atoms with E-state index in [1.807, 2.05) is 20.8 Å². The van der Waals surface area contributed by atoms with Crippen molar-refractivity contribution in [1.29, 1.82) is 0 Å². The smallest absolute Gasteiger partial charge is 0.410 e. The zero-order chi connectivity index (χ0) is 19.8. The van der Waals surface area contributed by atoms with E-state index < -0.39 is 15.8 Å². The second-order valence-corrected chi connectivity index (χ2v) is 8.88. The van der Waals surface area contributed by atoms with E-state index in [4.69, 9.17) is 15.2 Å². The zero-order valence-electron chi connectivity index (χ0n) is 15.6. The lowest BCUT2D eigenvalue weighted by molar-refractivity contribution is 0.00774. The number of likely N-dealkylation sites (tertiary alicyclic amines) is 1. The largest absolute Gasteiger partial charge is 0.488 e. The molecular weight excluding hydrogens is 372 g/mol. The Hall–Kier alpha value is -2.49. The van der Waals surface area contributed by atoms with Gasteiger partial charge in [-0.25, -0.2) is 4.79 Å². The molecule has 1 atom stereocenters. The molecule has 10 heteroatoms. The minimum absolute atomic E-state index is 0.126. The Balaban J connectivity index is 1.76. The van der Waals surface area contributed by atoms with Gasteiger partial charge >= 0.3 is 16.3 Å². The summed E-state index contributed by atoms with van der Waals surface area (Å²) < 4.78 is 40.7. The minimum atomic E-state index is -3.84. The number of carbonyl (C=O) groups excluding carboxylic acids is 1. The van der Waals surface area contributed by atoms with Crippen LogP contribution >= 0.6 is 0 Å². The first-order valence-corrected chi connectivity index (χ1v) is 10.1. The van der Waals surface area contributed by atoms with Crippen molar-refractivity contribution in [2.75, 3.05) is 17.8 Å². The normalized spacial score (nSPS) is 21.5. The van der Waals surface area contributed by atoms with E-state index in [2.05, 4.69) is 9.12 Å². The molecule has 1 fully saturated rings. The number of hydrogen-bond acceptors (Lipinski definition) is 6. The number of anilines is 1. The van der Waals surface area contributed by atoms with Crippen LogP contribution < -0.4 is 15.2 Å². The van der Waals surface area contributed by atoms with Gasteiger partial charge in [0.25, 0.3) is 0 Å². The Morgan fingerprint density at radius 2 is 2.11 bits per heavy atom. The molecule has 0 spiro atoms. The molecule has 1 unspecified atom stereocenters. The molecule has 27 heavy (non-hydrogen) atoms. The maximum Gasteiger partial charge on any atom is 0.410 e. The molecule has 2 heterocycles. The predicted molar refractivity (Wildman–Crippen MR) is 101 cm³/mol. The third kappa shape index (κ3) is 4.62. The fraction of sp³-hybridized carbons (Fsp3) is 0.529. The van der Waals surface area contributed by atoms with Gasteiger partial charge < -0.3 is 20.1 Å². The van der Waals surface area contributed by atoms with E-state index >= 15 is 0 Å². The second-order valence-electron chi connectivity index (χ2n) is 7.54. The van der Waals surface area contributed by atoms with Gasteiger partial charge in [0.15, 0.2) is 5.84 Å². The lowest BCUT2D eigenvalue weighted by Crippen LogP contribution is -2.46. The molecule has 1 aromatic carbocycles. The summed E-state index contributed by atoms with van der Waals surface area (Å²) in [6, 6.07) is 4.96. The van der Waals surface area contributed by atoms with Gasteiger partial charge in [0.05, 0.1) is 17.8 Å². The summed E-state index contributed by atoms with van der Waals surface area (Å²) in [5.41, 5.74) is 6.00. The molecule has 1 amide bonds. The van der Waals surface area contributed by atoms with Crippen LogP contribution in [0.15, 0.2) is 22.6 Å². The number of fused-ring (bicyclic) bond motifs is 1. The van der Waals surface area contributed by atoms with Gasteiger partial charge in [-0.1, -0.05) is 6.07 Å². The van der Waals surface area contributed by atoms with E-state index in [-0.39, 0.29) is 18.0 Å². The fourth-order valence-electron chi connectivity index (χ4n) is 3.02. The number of rotatable bonds is 2. The second kappa shape index (κ2) is 6.91. The highest BCUT2D eigenvalue weighted by molar-refractivity contribution is 7.91. The standard InChI is InChI=1S/C17H24N4O5S/c1-17(2,3)26-16(22)21-9-5-6-11(10-21)25-13-8-4-7-12-14(13)15(18)20-27(23,24)19-12/h4,7-8,11,19H,5-6,9-10H2,1-3H3,(H2,18,20). The molecule has 1 saturated heterocycles. The third-order valence-electron chi connectivity index (χ3n) is 4.06. The quantitative estimate of drug-likeness (QED) is 0.786. The number of nitrogens with one attached hydrogen (secondary N) is 1. The molecule has 0 saturated carbocycles. The van der Waals surface area contributed by atoms with E-state index in [9.17, 15) is 13.2 Å². The third-order valence-corrected chi connectivity index (χ3v) is 4.98. The molecular formula is C17H24N4O5S. The van der Waals surface area contributed by atoms with Gasteiger partial charge in [-0.3, -0.25) is 4.72 Å². The Kier molecular flexibility index (Phi) is 4.94. The van der Waals surface area contributed by atoms with Gasteiger partial charge in [0, 0.05) is 6.54 Å². The predicted octanol–water partition coefficient (Wildman–Crippen LogP) is 1.84. The zero-order valence-corrected chi connectivity index (χ0v) is 16.4. The number of benzene rings is 1. The number of ether oxygens (including phenoxy) is 2. The van der Waals surface area contributed by atoms with E-state index in [0.717, 1.165) is 12.8 Å². The van der Waals surface area contributed by atoms with Crippen LogP contribution in [0, 0.1) is 0 Å². The van der Waals surface area contributed by atoms with Gasteiger partial charge in [-0.2, -0.15) is 8.42 Å². The Morgan fingerprint density at radius 3 is 2.81 bits per heavy atom. The molecule has 0 bridgehead atoms. The number of amides is 1. The van der Waals surface area contributed by atoms with Crippen molar-refractivity contribution in [3.05, 3.63) is 23.8 Å². The first-order chi connectivity index (χ1) is 12.5. The Morgan fingerprint density at radius 1 is 1.37 bits per heavy atom. The Labute approximate surface area is 158 Å². The minimum Gasteiger partial charge on any atom is -0.488 e.